The Labute approximate surface area is 158 Å². The number of hydrogen-bond donors (Lipinski definition) is 1. The number of hydrogen-bond acceptors (Lipinski definition) is 3. The van der Waals surface area contributed by atoms with Gasteiger partial charge in [0.15, 0.2) is 0 Å². The molecule has 6 heteroatoms. The Hall–Kier alpha value is -1.36. The zero-order valence-electron chi connectivity index (χ0n) is 14.3. The van der Waals surface area contributed by atoms with Crippen LogP contribution in [-0.2, 0) is 13.0 Å². The predicted octanol–water partition coefficient (Wildman–Crippen LogP) is 4.46. The highest BCUT2D eigenvalue weighted by Crippen LogP contribution is 2.55. The summed E-state index contributed by atoms with van der Waals surface area (Å²) in [5, 5.41) is 17.3. The molecule has 3 rings (SSSR count). The van der Waals surface area contributed by atoms with E-state index < -0.39 is 5.60 Å². The highest BCUT2D eigenvalue weighted by atomic mass is 35.5. The lowest BCUT2D eigenvalue weighted by atomic mass is 9.69. The molecule has 0 spiro atoms. The molecule has 4 nitrogen and oxygen atoms in total. The van der Waals surface area contributed by atoms with Crippen molar-refractivity contribution >= 4 is 23.2 Å². The standard InChI is InChI=1S/C19H23Cl2N3O/c1-14(20)10-18(2)8-7-16(9-15-3-5-17(21)6-4-15)19(18,25)11-24-13-22-12-23-24/h3-6,12-13,16,25H,1,7-11H2,2H3/t16-,18?,19+/m1/s1. The van der Waals surface area contributed by atoms with Crippen molar-refractivity contribution < 1.29 is 5.11 Å². The Balaban J connectivity index is 1.90. The molecule has 1 unspecified atom stereocenters. The van der Waals surface area contributed by atoms with Crippen LogP contribution in [0, 0.1) is 11.3 Å². The third kappa shape index (κ3) is 3.76. The van der Waals surface area contributed by atoms with Gasteiger partial charge in [0, 0.05) is 15.5 Å². The van der Waals surface area contributed by atoms with E-state index in [-0.39, 0.29) is 11.3 Å². The molecule has 0 saturated heterocycles. The van der Waals surface area contributed by atoms with Crippen molar-refractivity contribution in [3.8, 4) is 0 Å². The molecule has 1 aliphatic rings. The summed E-state index contributed by atoms with van der Waals surface area (Å²) in [6, 6.07) is 7.83. The summed E-state index contributed by atoms with van der Waals surface area (Å²) in [5.41, 5.74) is -0.132. The summed E-state index contributed by atoms with van der Waals surface area (Å²) in [4.78, 5) is 4.01. The van der Waals surface area contributed by atoms with Gasteiger partial charge in [-0.05, 0) is 49.3 Å². The molecule has 134 valence electrons. The summed E-state index contributed by atoms with van der Waals surface area (Å²) in [7, 11) is 0. The van der Waals surface area contributed by atoms with E-state index in [2.05, 4.69) is 23.6 Å². The Morgan fingerprint density at radius 3 is 2.72 bits per heavy atom. The molecule has 1 N–H and O–H groups in total. The van der Waals surface area contributed by atoms with Gasteiger partial charge in [-0.15, -0.1) is 0 Å². The highest BCUT2D eigenvalue weighted by Gasteiger charge is 2.56. The summed E-state index contributed by atoms with van der Waals surface area (Å²) in [6.45, 7) is 6.34. The SMILES string of the molecule is C=C(Cl)CC1(C)CC[C@H](Cc2ccc(Cl)cc2)[C@@]1(O)Cn1cncn1. The summed E-state index contributed by atoms with van der Waals surface area (Å²) < 4.78 is 1.70. The molecule has 1 heterocycles. The third-order valence-electron chi connectivity index (χ3n) is 5.61. The van der Waals surface area contributed by atoms with Gasteiger partial charge in [0.25, 0.3) is 0 Å². The van der Waals surface area contributed by atoms with E-state index in [1.165, 1.54) is 11.9 Å². The molecule has 1 aromatic heterocycles. The zero-order valence-corrected chi connectivity index (χ0v) is 15.8. The van der Waals surface area contributed by atoms with Gasteiger partial charge in [-0.25, -0.2) is 4.98 Å². The fourth-order valence-corrected chi connectivity index (χ4v) is 4.58. The molecule has 2 aromatic rings. The van der Waals surface area contributed by atoms with Crippen molar-refractivity contribution in [2.75, 3.05) is 0 Å². The lowest BCUT2D eigenvalue weighted by Crippen LogP contribution is -2.50. The second-order valence-electron chi connectivity index (χ2n) is 7.34. The molecule has 3 atom stereocenters. The smallest absolute Gasteiger partial charge is 0.137 e. The van der Waals surface area contributed by atoms with Gasteiger partial charge in [0.2, 0.25) is 0 Å². The van der Waals surface area contributed by atoms with E-state index in [0.717, 1.165) is 24.3 Å². The zero-order chi connectivity index (χ0) is 18.1. The van der Waals surface area contributed by atoms with Crippen LogP contribution in [0.1, 0.15) is 31.7 Å². The normalized spacial score (nSPS) is 29.0. The summed E-state index contributed by atoms with van der Waals surface area (Å²) >= 11 is 12.1. The van der Waals surface area contributed by atoms with E-state index >= 15 is 0 Å². The lowest BCUT2D eigenvalue weighted by molar-refractivity contribution is -0.0977. The minimum Gasteiger partial charge on any atom is -0.387 e. The molecule has 25 heavy (non-hydrogen) atoms. The first-order valence-corrected chi connectivity index (χ1v) is 9.20. The maximum atomic E-state index is 11.8. The molecule has 0 amide bonds. The van der Waals surface area contributed by atoms with Crippen molar-refractivity contribution in [2.45, 2.75) is 44.8 Å². The van der Waals surface area contributed by atoms with E-state index in [9.17, 15) is 5.11 Å². The molecule has 0 radical (unpaired) electrons. The second kappa shape index (κ2) is 7.10. The van der Waals surface area contributed by atoms with Gasteiger partial charge in [-0.3, -0.25) is 4.68 Å². The largest absolute Gasteiger partial charge is 0.387 e. The fourth-order valence-electron chi connectivity index (χ4n) is 4.16. The quantitative estimate of drug-likeness (QED) is 0.805. The molecule has 1 fully saturated rings. The van der Waals surface area contributed by atoms with Crippen molar-refractivity contribution in [2.24, 2.45) is 11.3 Å². The van der Waals surface area contributed by atoms with Crippen molar-refractivity contribution in [3.05, 3.63) is 59.1 Å². The van der Waals surface area contributed by atoms with Crippen LogP contribution in [0.4, 0.5) is 0 Å². The van der Waals surface area contributed by atoms with Crippen molar-refractivity contribution in [1.82, 2.24) is 14.8 Å². The first kappa shape index (κ1) is 18.4. The van der Waals surface area contributed by atoms with Crippen molar-refractivity contribution in [1.29, 1.82) is 0 Å². The number of nitrogens with zero attached hydrogens (tertiary/aromatic N) is 3. The van der Waals surface area contributed by atoms with Gasteiger partial charge in [-0.2, -0.15) is 5.10 Å². The maximum Gasteiger partial charge on any atom is 0.137 e. The molecule has 0 aliphatic heterocycles. The van der Waals surface area contributed by atoms with Gasteiger partial charge in [0.05, 0.1) is 12.1 Å². The van der Waals surface area contributed by atoms with E-state index in [1.54, 1.807) is 11.0 Å². The number of benzene rings is 1. The van der Waals surface area contributed by atoms with Gasteiger partial charge >= 0.3 is 0 Å². The third-order valence-corrected chi connectivity index (χ3v) is 6.00. The average Bonchev–Trinajstić information content (AvgIpc) is 3.12. The summed E-state index contributed by atoms with van der Waals surface area (Å²) in [5.74, 6) is 0.0962. The summed E-state index contributed by atoms with van der Waals surface area (Å²) in [6.07, 6.45) is 6.32. The highest BCUT2D eigenvalue weighted by molar-refractivity contribution is 6.30. The molecule has 1 aliphatic carbocycles. The first-order valence-electron chi connectivity index (χ1n) is 8.45. The molecule has 1 aromatic carbocycles. The molecule has 1 saturated carbocycles. The Morgan fingerprint density at radius 1 is 1.40 bits per heavy atom. The van der Waals surface area contributed by atoms with E-state index in [0.29, 0.717) is 18.0 Å². The maximum absolute atomic E-state index is 11.8. The van der Waals surface area contributed by atoms with E-state index in [1.807, 2.05) is 24.3 Å². The van der Waals surface area contributed by atoms with Crippen LogP contribution in [0.25, 0.3) is 0 Å². The minimum atomic E-state index is -0.946. The second-order valence-corrected chi connectivity index (χ2v) is 8.31. The van der Waals surface area contributed by atoms with Crippen LogP contribution in [0.5, 0.6) is 0 Å². The number of allylic oxidation sites excluding steroid dienone is 1. The fraction of sp³-hybridized carbons (Fsp3) is 0.474. The average molecular weight is 380 g/mol. The first-order chi connectivity index (χ1) is 11.8. The Morgan fingerprint density at radius 2 is 2.12 bits per heavy atom. The van der Waals surface area contributed by atoms with Crippen LogP contribution >= 0.6 is 23.2 Å². The number of aromatic nitrogens is 3. The van der Waals surface area contributed by atoms with Crippen LogP contribution in [0.15, 0.2) is 48.5 Å². The topological polar surface area (TPSA) is 50.9 Å². The van der Waals surface area contributed by atoms with Gasteiger partial charge in [-0.1, -0.05) is 48.8 Å². The van der Waals surface area contributed by atoms with Crippen LogP contribution < -0.4 is 0 Å². The molecule has 0 bridgehead atoms. The number of rotatable bonds is 6. The van der Waals surface area contributed by atoms with Gasteiger partial charge in [0.1, 0.15) is 12.7 Å². The van der Waals surface area contributed by atoms with Crippen LogP contribution in [-0.4, -0.2) is 25.5 Å². The monoisotopic (exact) mass is 379 g/mol. The Bertz CT molecular complexity index is 732. The minimum absolute atomic E-state index is 0.0962. The lowest BCUT2D eigenvalue weighted by Gasteiger charge is -2.43. The molecular weight excluding hydrogens is 357 g/mol. The van der Waals surface area contributed by atoms with Gasteiger partial charge < -0.3 is 5.11 Å². The van der Waals surface area contributed by atoms with Crippen LogP contribution in [0.2, 0.25) is 5.02 Å². The number of halogens is 2. The Kier molecular flexibility index (Phi) is 5.24. The number of aliphatic hydroxyl groups is 1. The van der Waals surface area contributed by atoms with E-state index in [4.69, 9.17) is 23.2 Å². The van der Waals surface area contributed by atoms with Crippen LogP contribution in [0.3, 0.4) is 0 Å². The van der Waals surface area contributed by atoms with Crippen molar-refractivity contribution in [3.63, 3.8) is 0 Å². The molecular formula is C19H23Cl2N3O. The predicted molar refractivity (Wildman–Crippen MR) is 101 cm³/mol.